The molecule has 9 nitrogen and oxygen atoms in total. The van der Waals surface area contributed by atoms with Crippen LogP contribution in [0.2, 0.25) is 0 Å². The number of fused-ring (bicyclic) bond motifs is 1. The highest BCUT2D eigenvalue weighted by Gasteiger charge is 2.39. The molecule has 3 fully saturated rings. The van der Waals surface area contributed by atoms with Crippen molar-refractivity contribution in [2.24, 2.45) is 5.92 Å². The Morgan fingerprint density at radius 1 is 1.19 bits per heavy atom. The maximum absolute atomic E-state index is 13.2. The van der Waals surface area contributed by atoms with Crippen LogP contribution in [0.15, 0.2) is 10.9 Å². The van der Waals surface area contributed by atoms with E-state index in [9.17, 15) is 14.4 Å². The van der Waals surface area contributed by atoms with Crippen LogP contribution in [0.3, 0.4) is 0 Å². The highest BCUT2D eigenvalue weighted by Crippen LogP contribution is 2.38. The third-order valence-corrected chi connectivity index (χ3v) is 6.71. The largest absolute Gasteiger partial charge is 0.378 e. The molecule has 31 heavy (non-hydrogen) atoms. The van der Waals surface area contributed by atoms with Crippen molar-refractivity contribution in [3.05, 3.63) is 33.4 Å². The number of hydrogen-bond donors (Lipinski definition) is 1. The Balaban J connectivity index is 1.37. The Morgan fingerprint density at radius 2 is 1.97 bits per heavy atom. The van der Waals surface area contributed by atoms with Crippen LogP contribution >= 0.6 is 0 Å². The summed E-state index contributed by atoms with van der Waals surface area (Å²) in [5.41, 5.74) is 2.47. The molecule has 1 atom stereocenters. The molecule has 0 radical (unpaired) electrons. The second kappa shape index (κ2) is 8.11. The van der Waals surface area contributed by atoms with E-state index in [1.807, 2.05) is 17.9 Å². The first kappa shape index (κ1) is 20.2. The molecule has 4 heterocycles. The Labute approximate surface area is 180 Å². The van der Waals surface area contributed by atoms with Crippen molar-refractivity contribution in [3.8, 4) is 0 Å². The average Bonchev–Trinajstić information content (AvgIpc) is 3.36. The smallest absolute Gasteiger partial charge is 0.276 e. The van der Waals surface area contributed by atoms with Gasteiger partial charge in [0.2, 0.25) is 11.8 Å². The summed E-state index contributed by atoms with van der Waals surface area (Å²) in [7, 11) is 0. The zero-order valence-electron chi connectivity index (χ0n) is 17.9. The van der Waals surface area contributed by atoms with E-state index in [0.29, 0.717) is 49.6 Å². The third kappa shape index (κ3) is 3.86. The average molecular weight is 428 g/mol. The molecule has 0 unspecified atom stereocenters. The van der Waals surface area contributed by atoms with Gasteiger partial charge in [0.1, 0.15) is 0 Å². The molecule has 5 rings (SSSR count). The minimum absolute atomic E-state index is 0.0270. The van der Waals surface area contributed by atoms with Crippen molar-refractivity contribution < 1.29 is 14.3 Å². The highest BCUT2D eigenvalue weighted by molar-refractivity contribution is 5.81. The first-order chi connectivity index (χ1) is 15.0. The fourth-order valence-electron chi connectivity index (χ4n) is 4.77. The number of likely N-dealkylation sites (tertiary alicyclic amines) is 1. The van der Waals surface area contributed by atoms with E-state index in [1.165, 1.54) is 4.52 Å². The molecule has 9 heteroatoms. The van der Waals surface area contributed by atoms with Gasteiger partial charge in [-0.15, -0.1) is 0 Å². The number of nitrogens with one attached hydrogen (secondary N) is 1. The van der Waals surface area contributed by atoms with Gasteiger partial charge in [0.05, 0.1) is 24.9 Å². The van der Waals surface area contributed by atoms with Crippen LogP contribution in [0.4, 0.5) is 0 Å². The van der Waals surface area contributed by atoms with Crippen LogP contribution in [-0.4, -0.2) is 69.1 Å². The van der Waals surface area contributed by atoms with Gasteiger partial charge in [-0.2, -0.15) is 0 Å². The predicted octanol–water partition coefficient (Wildman–Crippen LogP) is 1.20. The Kier molecular flexibility index (Phi) is 5.29. The van der Waals surface area contributed by atoms with Gasteiger partial charge in [-0.25, -0.2) is 9.50 Å². The number of carbonyl (C=O) groups excluding carboxylic acids is 2. The van der Waals surface area contributed by atoms with E-state index in [-0.39, 0.29) is 35.8 Å². The summed E-state index contributed by atoms with van der Waals surface area (Å²) in [6.45, 7) is 4.92. The lowest BCUT2D eigenvalue weighted by Crippen LogP contribution is -2.41. The number of aromatic nitrogens is 3. The lowest BCUT2D eigenvalue weighted by atomic mass is 10.1. The molecule has 2 amide bonds. The van der Waals surface area contributed by atoms with Crippen LogP contribution < -0.4 is 5.56 Å². The van der Waals surface area contributed by atoms with E-state index in [4.69, 9.17) is 4.74 Å². The summed E-state index contributed by atoms with van der Waals surface area (Å²) in [5, 5.41) is 3.20. The number of amides is 2. The van der Waals surface area contributed by atoms with Crippen LogP contribution in [-0.2, 0) is 20.7 Å². The van der Waals surface area contributed by atoms with Crippen LogP contribution in [0.1, 0.15) is 55.1 Å². The molecular formula is C22H29N5O4. The van der Waals surface area contributed by atoms with Gasteiger partial charge in [-0.3, -0.25) is 19.5 Å². The molecule has 1 N–H and O–H groups in total. The van der Waals surface area contributed by atoms with Gasteiger partial charge >= 0.3 is 0 Å². The first-order valence-corrected chi connectivity index (χ1v) is 11.3. The molecule has 2 aromatic heterocycles. The first-order valence-electron chi connectivity index (χ1n) is 11.3. The summed E-state index contributed by atoms with van der Waals surface area (Å²) >= 11 is 0. The van der Waals surface area contributed by atoms with Crippen LogP contribution in [0.25, 0.3) is 5.65 Å². The number of carbonyl (C=O) groups is 2. The van der Waals surface area contributed by atoms with Gasteiger partial charge < -0.3 is 14.5 Å². The normalized spacial score (nSPS) is 21.8. The summed E-state index contributed by atoms with van der Waals surface area (Å²) in [6.07, 6.45) is 4.47. The molecule has 2 aliphatic heterocycles. The number of aromatic amines is 1. The quantitative estimate of drug-likeness (QED) is 0.773. The maximum atomic E-state index is 13.2. The SMILES string of the molecule is Cc1nc2cc([C@H]3CCCN3C(=O)C3CC3)[nH]n2c(=O)c1CCC(=O)N1CCOCC1. The molecule has 1 saturated carbocycles. The number of aryl methyl sites for hydroxylation is 1. The highest BCUT2D eigenvalue weighted by atomic mass is 16.5. The Hall–Kier alpha value is -2.68. The van der Waals surface area contributed by atoms with Gasteiger partial charge in [0, 0.05) is 49.3 Å². The number of rotatable bonds is 5. The molecule has 0 bridgehead atoms. The Bertz CT molecular complexity index is 1060. The van der Waals surface area contributed by atoms with E-state index in [1.54, 1.807) is 4.90 Å². The Morgan fingerprint density at radius 3 is 2.71 bits per heavy atom. The molecular weight excluding hydrogens is 398 g/mol. The molecule has 3 aliphatic rings. The van der Waals surface area contributed by atoms with E-state index >= 15 is 0 Å². The zero-order chi connectivity index (χ0) is 21.5. The van der Waals surface area contributed by atoms with Crippen molar-refractivity contribution in [2.45, 2.75) is 51.5 Å². The van der Waals surface area contributed by atoms with Gasteiger partial charge in [-0.1, -0.05) is 0 Å². The van der Waals surface area contributed by atoms with E-state index in [0.717, 1.165) is 37.9 Å². The number of ether oxygens (including phenoxy) is 1. The van der Waals surface area contributed by atoms with Crippen LogP contribution in [0, 0.1) is 12.8 Å². The van der Waals surface area contributed by atoms with Gasteiger partial charge in [0.15, 0.2) is 5.65 Å². The van der Waals surface area contributed by atoms with Crippen molar-refractivity contribution in [1.29, 1.82) is 0 Å². The monoisotopic (exact) mass is 427 g/mol. The molecule has 2 saturated heterocycles. The number of hydrogen-bond acceptors (Lipinski definition) is 5. The van der Waals surface area contributed by atoms with E-state index in [2.05, 4.69) is 10.1 Å². The summed E-state index contributed by atoms with van der Waals surface area (Å²) in [6, 6.07) is 1.86. The summed E-state index contributed by atoms with van der Waals surface area (Å²) in [5.74, 6) is 0.461. The number of morpholine rings is 1. The fourth-order valence-corrected chi connectivity index (χ4v) is 4.77. The maximum Gasteiger partial charge on any atom is 0.276 e. The van der Waals surface area contributed by atoms with Crippen LogP contribution in [0.5, 0.6) is 0 Å². The lowest BCUT2D eigenvalue weighted by Gasteiger charge is -2.26. The molecule has 0 spiro atoms. The second-order valence-corrected chi connectivity index (χ2v) is 8.84. The number of nitrogens with zero attached hydrogens (tertiary/aromatic N) is 4. The summed E-state index contributed by atoms with van der Waals surface area (Å²) in [4.78, 5) is 46.7. The molecule has 1 aliphatic carbocycles. The van der Waals surface area contributed by atoms with Gasteiger partial charge in [0.25, 0.3) is 5.56 Å². The third-order valence-electron chi connectivity index (χ3n) is 6.71. The predicted molar refractivity (Wildman–Crippen MR) is 113 cm³/mol. The minimum atomic E-state index is -0.165. The van der Waals surface area contributed by atoms with Crippen molar-refractivity contribution >= 4 is 17.5 Å². The molecule has 0 aromatic carbocycles. The number of H-pyrrole nitrogens is 1. The zero-order valence-corrected chi connectivity index (χ0v) is 17.9. The summed E-state index contributed by atoms with van der Waals surface area (Å²) < 4.78 is 6.76. The molecule has 2 aromatic rings. The topological polar surface area (TPSA) is 100 Å². The molecule has 166 valence electrons. The second-order valence-electron chi connectivity index (χ2n) is 8.84. The van der Waals surface area contributed by atoms with Crippen molar-refractivity contribution in [2.75, 3.05) is 32.8 Å². The van der Waals surface area contributed by atoms with Crippen molar-refractivity contribution in [3.63, 3.8) is 0 Å². The standard InChI is InChI=1S/C22H29N5O4/c1-14-16(6-7-20(28)25-9-11-31-12-10-25)22(30)27-19(23-14)13-17(24-27)18-3-2-8-26(18)21(29)15-4-5-15/h13,15,18,24H,2-12H2,1H3/t18-/m1/s1. The fraction of sp³-hybridized carbons (Fsp3) is 0.636. The minimum Gasteiger partial charge on any atom is -0.378 e. The van der Waals surface area contributed by atoms with E-state index < -0.39 is 0 Å². The van der Waals surface area contributed by atoms with Gasteiger partial charge in [-0.05, 0) is 39.0 Å². The van der Waals surface area contributed by atoms with Crippen molar-refractivity contribution in [1.82, 2.24) is 24.4 Å². The lowest BCUT2D eigenvalue weighted by molar-refractivity contribution is -0.135.